The van der Waals surface area contributed by atoms with Gasteiger partial charge in [0.05, 0.1) is 0 Å². The Hall–Kier alpha value is -2.14. The van der Waals surface area contributed by atoms with E-state index in [0.717, 1.165) is 24.6 Å². The number of para-hydroxylation sites is 1. The Morgan fingerprint density at radius 1 is 1.19 bits per heavy atom. The van der Waals surface area contributed by atoms with Gasteiger partial charge in [-0.2, -0.15) is 0 Å². The molecule has 1 aromatic heterocycles. The van der Waals surface area contributed by atoms with Crippen molar-refractivity contribution in [1.82, 2.24) is 9.97 Å². The second-order valence-electron chi connectivity index (χ2n) is 4.93. The number of methoxy groups -OCH3 is 1. The minimum absolute atomic E-state index is 0.431. The molecule has 0 aliphatic rings. The summed E-state index contributed by atoms with van der Waals surface area (Å²) in [6, 6.07) is 12.3. The van der Waals surface area contributed by atoms with Crippen molar-refractivity contribution >= 4 is 11.5 Å². The molecule has 0 aliphatic heterocycles. The number of anilines is 2. The van der Waals surface area contributed by atoms with E-state index in [1.807, 2.05) is 31.2 Å². The van der Waals surface area contributed by atoms with E-state index in [9.17, 15) is 0 Å². The smallest absolute Gasteiger partial charge is 0.156 e. The van der Waals surface area contributed by atoms with Gasteiger partial charge in [0, 0.05) is 44.7 Å². The summed E-state index contributed by atoms with van der Waals surface area (Å²) in [6.07, 6.45) is 0. The van der Waals surface area contributed by atoms with Crippen molar-refractivity contribution < 1.29 is 4.74 Å². The lowest BCUT2D eigenvalue weighted by Gasteiger charge is -2.19. The Morgan fingerprint density at radius 3 is 2.67 bits per heavy atom. The molecule has 1 N–H and O–H groups in total. The SMILES string of the molecule is COCc1nc(C)cc(NCCN(C)c2ccccc2)n1. The lowest BCUT2D eigenvalue weighted by Crippen LogP contribution is -2.25. The van der Waals surface area contributed by atoms with Crippen molar-refractivity contribution in [2.75, 3.05) is 37.5 Å². The Morgan fingerprint density at radius 2 is 1.95 bits per heavy atom. The van der Waals surface area contributed by atoms with E-state index in [4.69, 9.17) is 4.74 Å². The fourth-order valence-corrected chi connectivity index (χ4v) is 2.08. The van der Waals surface area contributed by atoms with E-state index in [1.54, 1.807) is 7.11 Å². The predicted molar refractivity (Wildman–Crippen MR) is 85.7 cm³/mol. The average molecular weight is 286 g/mol. The van der Waals surface area contributed by atoms with Gasteiger partial charge in [0.25, 0.3) is 0 Å². The highest BCUT2D eigenvalue weighted by atomic mass is 16.5. The third kappa shape index (κ3) is 4.72. The molecule has 2 rings (SSSR count). The zero-order valence-corrected chi connectivity index (χ0v) is 12.8. The van der Waals surface area contributed by atoms with Crippen LogP contribution >= 0.6 is 0 Å². The van der Waals surface area contributed by atoms with Gasteiger partial charge >= 0.3 is 0 Å². The molecule has 0 fully saturated rings. The van der Waals surface area contributed by atoms with Crippen LogP contribution in [0, 0.1) is 6.92 Å². The Bertz CT molecular complexity index is 559. The van der Waals surface area contributed by atoms with E-state index >= 15 is 0 Å². The average Bonchev–Trinajstić information content (AvgIpc) is 2.48. The van der Waals surface area contributed by atoms with Crippen molar-refractivity contribution in [1.29, 1.82) is 0 Å². The standard InChI is InChI=1S/C16H22N4O/c1-13-11-15(19-16(18-13)12-21-3)17-9-10-20(2)14-7-5-4-6-8-14/h4-8,11H,9-10,12H2,1-3H3,(H,17,18,19). The Labute approximate surface area is 126 Å². The van der Waals surface area contributed by atoms with Crippen LogP contribution in [-0.4, -0.2) is 37.2 Å². The first-order chi connectivity index (χ1) is 10.2. The molecule has 0 saturated carbocycles. The number of hydrogen-bond donors (Lipinski definition) is 1. The van der Waals surface area contributed by atoms with Gasteiger partial charge in [0.15, 0.2) is 5.82 Å². The molecule has 1 aromatic carbocycles. The van der Waals surface area contributed by atoms with Gasteiger partial charge in [-0.25, -0.2) is 9.97 Å². The molecule has 2 aromatic rings. The lowest BCUT2D eigenvalue weighted by atomic mass is 10.3. The van der Waals surface area contributed by atoms with Gasteiger partial charge in [0.1, 0.15) is 12.4 Å². The summed E-state index contributed by atoms with van der Waals surface area (Å²) in [5, 5.41) is 3.34. The Kier molecular flexibility index (Phi) is 5.51. The monoisotopic (exact) mass is 286 g/mol. The summed E-state index contributed by atoms with van der Waals surface area (Å²) in [5.74, 6) is 1.55. The van der Waals surface area contributed by atoms with Gasteiger partial charge < -0.3 is 15.0 Å². The van der Waals surface area contributed by atoms with Crippen LogP contribution in [0.1, 0.15) is 11.5 Å². The maximum Gasteiger partial charge on any atom is 0.156 e. The van der Waals surface area contributed by atoms with Gasteiger partial charge in [-0.1, -0.05) is 18.2 Å². The summed E-state index contributed by atoms with van der Waals surface area (Å²) in [6.45, 7) is 4.10. The largest absolute Gasteiger partial charge is 0.377 e. The molecule has 5 heteroatoms. The Balaban J connectivity index is 1.88. The number of hydrogen-bond acceptors (Lipinski definition) is 5. The first kappa shape index (κ1) is 15.3. The first-order valence-corrected chi connectivity index (χ1v) is 7.02. The summed E-state index contributed by atoms with van der Waals surface area (Å²) < 4.78 is 5.08. The molecule has 5 nitrogen and oxygen atoms in total. The minimum atomic E-state index is 0.431. The number of likely N-dealkylation sites (N-methyl/N-ethyl adjacent to an activating group) is 1. The molecule has 0 bridgehead atoms. The third-order valence-corrected chi connectivity index (χ3v) is 3.12. The van der Waals surface area contributed by atoms with Crippen LogP contribution in [0.3, 0.4) is 0 Å². The number of rotatable bonds is 7. The highest BCUT2D eigenvalue weighted by Gasteiger charge is 2.03. The number of ether oxygens (including phenoxy) is 1. The topological polar surface area (TPSA) is 50.3 Å². The first-order valence-electron chi connectivity index (χ1n) is 7.02. The second-order valence-corrected chi connectivity index (χ2v) is 4.93. The fraction of sp³-hybridized carbons (Fsp3) is 0.375. The van der Waals surface area contributed by atoms with E-state index in [-0.39, 0.29) is 0 Å². The molecule has 0 saturated heterocycles. The quantitative estimate of drug-likeness (QED) is 0.847. The molecule has 112 valence electrons. The zero-order chi connectivity index (χ0) is 15.1. The number of benzene rings is 1. The van der Waals surface area contributed by atoms with Gasteiger partial charge in [0.2, 0.25) is 0 Å². The summed E-state index contributed by atoms with van der Waals surface area (Å²) in [5.41, 5.74) is 2.15. The molecular weight excluding hydrogens is 264 g/mol. The van der Waals surface area contributed by atoms with Crippen LogP contribution in [0.4, 0.5) is 11.5 Å². The zero-order valence-electron chi connectivity index (χ0n) is 12.8. The van der Waals surface area contributed by atoms with Crippen molar-refractivity contribution in [3.05, 3.63) is 47.9 Å². The molecule has 0 unspecified atom stereocenters. The molecule has 0 atom stereocenters. The molecule has 0 amide bonds. The number of nitrogens with zero attached hydrogens (tertiary/aromatic N) is 3. The summed E-state index contributed by atoms with van der Waals surface area (Å²) >= 11 is 0. The third-order valence-electron chi connectivity index (χ3n) is 3.12. The van der Waals surface area contributed by atoms with Crippen molar-refractivity contribution in [3.8, 4) is 0 Å². The fourth-order valence-electron chi connectivity index (χ4n) is 2.08. The van der Waals surface area contributed by atoms with E-state index in [1.165, 1.54) is 5.69 Å². The minimum Gasteiger partial charge on any atom is -0.377 e. The maximum atomic E-state index is 5.08. The van der Waals surface area contributed by atoms with Crippen molar-refractivity contribution in [2.45, 2.75) is 13.5 Å². The second kappa shape index (κ2) is 7.59. The highest BCUT2D eigenvalue weighted by Crippen LogP contribution is 2.11. The normalized spacial score (nSPS) is 10.4. The molecular formula is C16H22N4O. The number of aromatic nitrogens is 2. The molecule has 0 spiro atoms. The van der Waals surface area contributed by atoms with Gasteiger partial charge in [-0.3, -0.25) is 0 Å². The maximum absolute atomic E-state index is 5.08. The van der Waals surface area contributed by atoms with Crippen LogP contribution in [0.25, 0.3) is 0 Å². The van der Waals surface area contributed by atoms with E-state index in [2.05, 4.69) is 39.4 Å². The van der Waals surface area contributed by atoms with E-state index < -0.39 is 0 Å². The van der Waals surface area contributed by atoms with Crippen LogP contribution in [-0.2, 0) is 11.3 Å². The van der Waals surface area contributed by atoms with Gasteiger partial charge in [-0.05, 0) is 19.1 Å². The van der Waals surface area contributed by atoms with Crippen LogP contribution < -0.4 is 10.2 Å². The molecule has 0 radical (unpaired) electrons. The van der Waals surface area contributed by atoms with E-state index in [0.29, 0.717) is 12.4 Å². The van der Waals surface area contributed by atoms with Gasteiger partial charge in [-0.15, -0.1) is 0 Å². The van der Waals surface area contributed by atoms with Crippen LogP contribution in [0.15, 0.2) is 36.4 Å². The number of aryl methyl sites for hydroxylation is 1. The highest BCUT2D eigenvalue weighted by molar-refractivity contribution is 5.45. The lowest BCUT2D eigenvalue weighted by molar-refractivity contribution is 0.177. The molecule has 0 aliphatic carbocycles. The number of nitrogens with one attached hydrogen (secondary N) is 1. The molecule has 1 heterocycles. The van der Waals surface area contributed by atoms with Crippen LogP contribution in [0.5, 0.6) is 0 Å². The molecule has 21 heavy (non-hydrogen) atoms. The van der Waals surface area contributed by atoms with Crippen LogP contribution in [0.2, 0.25) is 0 Å². The van der Waals surface area contributed by atoms with Crippen molar-refractivity contribution in [2.24, 2.45) is 0 Å². The predicted octanol–water partition coefficient (Wildman–Crippen LogP) is 2.48. The summed E-state index contributed by atoms with van der Waals surface area (Å²) in [7, 11) is 3.73. The summed E-state index contributed by atoms with van der Waals surface area (Å²) in [4.78, 5) is 11.0. The van der Waals surface area contributed by atoms with Crippen molar-refractivity contribution in [3.63, 3.8) is 0 Å².